The molecule has 0 aliphatic heterocycles. The molecule has 1 heterocycles. The Morgan fingerprint density at radius 1 is 1.50 bits per heavy atom. The summed E-state index contributed by atoms with van der Waals surface area (Å²) in [7, 11) is 1.73. The molecule has 1 aromatic heterocycles. The molecular formula is C17H27NO2. The fraction of sp³-hybridized carbons (Fsp3) is 0.706. The summed E-state index contributed by atoms with van der Waals surface area (Å²) >= 11 is 0. The first-order valence-corrected chi connectivity index (χ1v) is 7.76. The first kappa shape index (κ1) is 15.5. The van der Waals surface area contributed by atoms with E-state index >= 15 is 0 Å². The minimum atomic E-state index is -0.477. The second-order valence-electron chi connectivity index (χ2n) is 6.20. The van der Waals surface area contributed by atoms with Crippen LogP contribution in [0.2, 0.25) is 0 Å². The molecule has 0 bridgehead atoms. The molecule has 0 saturated heterocycles. The van der Waals surface area contributed by atoms with Crippen molar-refractivity contribution in [1.29, 1.82) is 0 Å². The van der Waals surface area contributed by atoms with Crippen LogP contribution in [0.3, 0.4) is 0 Å². The number of aryl methyl sites for hydroxylation is 1. The number of ether oxygens (including phenoxy) is 1. The van der Waals surface area contributed by atoms with Crippen molar-refractivity contribution in [3.8, 4) is 0 Å². The van der Waals surface area contributed by atoms with E-state index in [2.05, 4.69) is 24.9 Å². The maximum absolute atomic E-state index is 10.7. The maximum atomic E-state index is 10.7. The SMILES string of the molecule is CCc1ccc(CC(O)C2(OC)CCCC(C)C2)nc1. The van der Waals surface area contributed by atoms with Gasteiger partial charge in [-0.15, -0.1) is 0 Å². The molecule has 3 heteroatoms. The van der Waals surface area contributed by atoms with E-state index in [1.54, 1.807) is 7.11 Å². The van der Waals surface area contributed by atoms with Crippen LogP contribution in [0.5, 0.6) is 0 Å². The molecular weight excluding hydrogens is 250 g/mol. The number of rotatable bonds is 5. The zero-order valence-corrected chi connectivity index (χ0v) is 12.9. The van der Waals surface area contributed by atoms with Crippen LogP contribution in [-0.4, -0.2) is 28.9 Å². The number of hydrogen-bond acceptors (Lipinski definition) is 3. The van der Waals surface area contributed by atoms with Crippen molar-refractivity contribution in [2.75, 3.05) is 7.11 Å². The summed E-state index contributed by atoms with van der Waals surface area (Å²) in [5, 5.41) is 10.7. The largest absolute Gasteiger partial charge is 0.390 e. The highest BCUT2D eigenvalue weighted by molar-refractivity contribution is 5.15. The molecule has 1 aromatic rings. The molecule has 1 aliphatic rings. The van der Waals surface area contributed by atoms with Crippen LogP contribution in [0, 0.1) is 5.92 Å². The van der Waals surface area contributed by atoms with E-state index < -0.39 is 6.10 Å². The lowest BCUT2D eigenvalue weighted by Gasteiger charge is -2.42. The van der Waals surface area contributed by atoms with Gasteiger partial charge in [0.15, 0.2) is 0 Å². The van der Waals surface area contributed by atoms with Gasteiger partial charge in [-0.2, -0.15) is 0 Å². The third-order valence-corrected chi connectivity index (χ3v) is 4.70. The smallest absolute Gasteiger partial charge is 0.0942 e. The third kappa shape index (κ3) is 3.39. The van der Waals surface area contributed by atoms with E-state index in [0.717, 1.165) is 31.4 Å². The molecule has 2 rings (SSSR count). The summed E-state index contributed by atoms with van der Waals surface area (Å²) < 4.78 is 5.75. The molecule has 0 aromatic carbocycles. The number of aliphatic hydroxyl groups excluding tert-OH is 1. The molecule has 0 radical (unpaired) electrons. The third-order valence-electron chi connectivity index (χ3n) is 4.70. The van der Waals surface area contributed by atoms with Crippen LogP contribution in [0.25, 0.3) is 0 Å². The van der Waals surface area contributed by atoms with Crippen LogP contribution < -0.4 is 0 Å². The normalized spacial score (nSPS) is 28.3. The molecule has 3 atom stereocenters. The van der Waals surface area contributed by atoms with Gasteiger partial charge in [-0.1, -0.05) is 32.8 Å². The van der Waals surface area contributed by atoms with Gasteiger partial charge >= 0.3 is 0 Å². The fourth-order valence-electron chi connectivity index (χ4n) is 3.34. The van der Waals surface area contributed by atoms with Crippen molar-refractivity contribution in [2.24, 2.45) is 5.92 Å². The molecule has 112 valence electrons. The van der Waals surface area contributed by atoms with Crippen LogP contribution in [0.15, 0.2) is 18.3 Å². The second kappa shape index (κ2) is 6.68. The Morgan fingerprint density at radius 2 is 2.30 bits per heavy atom. The first-order chi connectivity index (χ1) is 9.59. The zero-order valence-electron chi connectivity index (χ0n) is 12.9. The molecule has 1 saturated carbocycles. The minimum absolute atomic E-state index is 0.386. The van der Waals surface area contributed by atoms with Gasteiger partial charge in [0, 0.05) is 25.4 Å². The molecule has 1 N–H and O–H groups in total. The van der Waals surface area contributed by atoms with E-state index in [1.165, 1.54) is 12.0 Å². The Labute approximate surface area is 122 Å². The number of hydrogen-bond donors (Lipinski definition) is 1. The topological polar surface area (TPSA) is 42.4 Å². The fourth-order valence-corrected chi connectivity index (χ4v) is 3.34. The summed E-state index contributed by atoms with van der Waals surface area (Å²) in [4.78, 5) is 4.45. The Bertz CT molecular complexity index is 418. The van der Waals surface area contributed by atoms with Gasteiger partial charge in [0.05, 0.1) is 11.7 Å². The summed E-state index contributed by atoms with van der Waals surface area (Å²) in [5.41, 5.74) is 1.79. The number of pyridine rings is 1. The number of aliphatic hydroxyl groups is 1. The van der Waals surface area contributed by atoms with Crippen LogP contribution >= 0.6 is 0 Å². The predicted octanol–water partition coefficient (Wildman–Crippen LogP) is 3.14. The minimum Gasteiger partial charge on any atom is -0.390 e. The number of methoxy groups -OCH3 is 1. The van der Waals surface area contributed by atoms with Crippen molar-refractivity contribution in [1.82, 2.24) is 4.98 Å². The van der Waals surface area contributed by atoms with Gasteiger partial charge in [0.2, 0.25) is 0 Å². The summed E-state index contributed by atoms with van der Waals surface area (Å²) in [5.74, 6) is 0.619. The Hall–Kier alpha value is -0.930. The second-order valence-corrected chi connectivity index (χ2v) is 6.20. The highest BCUT2D eigenvalue weighted by atomic mass is 16.5. The Morgan fingerprint density at radius 3 is 2.85 bits per heavy atom. The Balaban J connectivity index is 2.06. The standard InChI is InChI=1S/C17H27NO2/c1-4-14-7-8-15(18-12-14)10-16(19)17(20-3)9-5-6-13(2)11-17/h7-8,12-13,16,19H,4-6,9-11H2,1-3H3. The molecule has 3 nitrogen and oxygen atoms in total. The van der Waals surface area contributed by atoms with Crippen LogP contribution in [0.1, 0.15) is 50.8 Å². The quantitative estimate of drug-likeness (QED) is 0.899. The van der Waals surface area contributed by atoms with Crippen molar-refractivity contribution < 1.29 is 9.84 Å². The number of aromatic nitrogens is 1. The zero-order chi connectivity index (χ0) is 14.6. The summed E-state index contributed by atoms with van der Waals surface area (Å²) in [6, 6.07) is 4.12. The van der Waals surface area contributed by atoms with Crippen LogP contribution in [0.4, 0.5) is 0 Å². The lowest BCUT2D eigenvalue weighted by Crippen LogP contribution is -2.48. The van der Waals surface area contributed by atoms with Crippen molar-refractivity contribution >= 4 is 0 Å². The monoisotopic (exact) mass is 277 g/mol. The van der Waals surface area contributed by atoms with E-state index in [1.807, 2.05) is 12.3 Å². The summed E-state index contributed by atoms with van der Waals surface area (Å²) in [6.45, 7) is 4.36. The van der Waals surface area contributed by atoms with Gasteiger partial charge in [0.1, 0.15) is 0 Å². The van der Waals surface area contributed by atoms with Gasteiger partial charge in [-0.3, -0.25) is 4.98 Å². The first-order valence-electron chi connectivity index (χ1n) is 7.76. The average molecular weight is 277 g/mol. The Kier molecular flexibility index (Phi) is 5.17. The molecule has 0 amide bonds. The maximum Gasteiger partial charge on any atom is 0.0942 e. The molecule has 0 spiro atoms. The molecule has 1 aliphatic carbocycles. The molecule has 3 unspecified atom stereocenters. The van der Waals surface area contributed by atoms with Crippen molar-refractivity contribution in [3.63, 3.8) is 0 Å². The van der Waals surface area contributed by atoms with Gasteiger partial charge < -0.3 is 9.84 Å². The van der Waals surface area contributed by atoms with E-state index in [4.69, 9.17) is 4.74 Å². The lowest BCUT2D eigenvalue weighted by atomic mass is 9.74. The molecule has 1 fully saturated rings. The highest BCUT2D eigenvalue weighted by Gasteiger charge is 2.41. The van der Waals surface area contributed by atoms with E-state index in [9.17, 15) is 5.11 Å². The van der Waals surface area contributed by atoms with Crippen LogP contribution in [-0.2, 0) is 17.6 Å². The lowest BCUT2D eigenvalue weighted by molar-refractivity contribution is -0.131. The van der Waals surface area contributed by atoms with Crippen molar-refractivity contribution in [2.45, 2.75) is 64.1 Å². The highest BCUT2D eigenvalue weighted by Crippen LogP contribution is 2.38. The van der Waals surface area contributed by atoms with Gasteiger partial charge in [-0.25, -0.2) is 0 Å². The molecule has 20 heavy (non-hydrogen) atoms. The summed E-state index contributed by atoms with van der Waals surface area (Å²) in [6.07, 6.45) is 7.26. The average Bonchev–Trinajstić information content (AvgIpc) is 2.47. The van der Waals surface area contributed by atoms with E-state index in [0.29, 0.717) is 12.3 Å². The predicted molar refractivity (Wildman–Crippen MR) is 80.7 cm³/mol. The van der Waals surface area contributed by atoms with E-state index in [-0.39, 0.29) is 5.60 Å². The number of nitrogens with zero attached hydrogens (tertiary/aromatic N) is 1. The van der Waals surface area contributed by atoms with Crippen molar-refractivity contribution in [3.05, 3.63) is 29.6 Å². The van der Waals surface area contributed by atoms with Gasteiger partial charge in [0.25, 0.3) is 0 Å². The van der Waals surface area contributed by atoms with Gasteiger partial charge in [-0.05, 0) is 36.8 Å².